The molecule has 0 aliphatic carbocycles. The van der Waals surface area contributed by atoms with Crippen molar-refractivity contribution < 1.29 is 14.3 Å². The number of ether oxygens (including phenoxy) is 2. The van der Waals surface area contributed by atoms with Crippen LogP contribution in [0.1, 0.15) is 11.1 Å². The highest BCUT2D eigenvalue weighted by atomic mass is 16.5. The Hall–Kier alpha value is -2.89. The van der Waals surface area contributed by atoms with Gasteiger partial charge in [-0.1, -0.05) is 17.7 Å². The van der Waals surface area contributed by atoms with E-state index < -0.39 is 0 Å². The molecule has 0 bridgehead atoms. The highest BCUT2D eigenvalue weighted by molar-refractivity contribution is 5.74. The van der Waals surface area contributed by atoms with Gasteiger partial charge in [0, 0.05) is 38.4 Å². The lowest BCUT2D eigenvalue weighted by molar-refractivity contribution is 0.194. The van der Waals surface area contributed by atoms with Crippen LogP contribution in [-0.2, 0) is 6.42 Å². The molecule has 0 radical (unpaired) electrons. The van der Waals surface area contributed by atoms with Crippen LogP contribution >= 0.6 is 0 Å². The zero-order chi connectivity index (χ0) is 19.9. The van der Waals surface area contributed by atoms with Gasteiger partial charge in [-0.25, -0.2) is 4.79 Å². The molecular formula is C22H29N3O3. The molecule has 0 atom stereocenters. The quantitative estimate of drug-likeness (QED) is 0.833. The van der Waals surface area contributed by atoms with E-state index in [9.17, 15) is 4.79 Å². The molecule has 0 unspecified atom stereocenters. The summed E-state index contributed by atoms with van der Waals surface area (Å²) in [5, 5.41) is 3.04. The van der Waals surface area contributed by atoms with Crippen molar-refractivity contribution in [1.29, 1.82) is 0 Å². The predicted molar refractivity (Wildman–Crippen MR) is 112 cm³/mol. The van der Waals surface area contributed by atoms with Crippen molar-refractivity contribution in [3.8, 4) is 11.5 Å². The number of hydrogen-bond donors (Lipinski definition) is 1. The van der Waals surface area contributed by atoms with E-state index in [0.29, 0.717) is 19.6 Å². The lowest BCUT2D eigenvalue weighted by Gasteiger charge is -2.36. The summed E-state index contributed by atoms with van der Waals surface area (Å²) in [4.78, 5) is 16.7. The first kappa shape index (κ1) is 19.9. The zero-order valence-corrected chi connectivity index (χ0v) is 16.9. The Balaban J connectivity index is 1.45. The van der Waals surface area contributed by atoms with Gasteiger partial charge in [-0.2, -0.15) is 0 Å². The molecule has 28 heavy (non-hydrogen) atoms. The first-order valence-corrected chi connectivity index (χ1v) is 9.66. The molecule has 2 aromatic rings. The van der Waals surface area contributed by atoms with Crippen LogP contribution in [0.25, 0.3) is 0 Å². The average Bonchev–Trinajstić information content (AvgIpc) is 2.74. The van der Waals surface area contributed by atoms with Crippen molar-refractivity contribution in [2.75, 3.05) is 51.8 Å². The molecule has 2 amide bonds. The van der Waals surface area contributed by atoms with E-state index in [-0.39, 0.29) is 6.03 Å². The number of carbonyl (C=O) groups is 1. The SMILES string of the molecule is COc1ccc(N2CCN(C(=O)NCCc3cc(C)ccc3OC)CC2)cc1. The van der Waals surface area contributed by atoms with Gasteiger partial charge in [0.1, 0.15) is 11.5 Å². The normalized spacial score (nSPS) is 14.0. The first-order chi connectivity index (χ1) is 13.6. The van der Waals surface area contributed by atoms with Crippen LogP contribution in [0, 0.1) is 6.92 Å². The van der Waals surface area contributed by atoms with Crippen LogP contribution < -0.4 is 19.7 Å². The topological polar surface area (TPSA) is 54.0 Å². The van der Waals surface area contributed by atoms with E-state index in [1.54, 1.807) is 14.2 Å². The molecule has 0 saturated carbocycles. The van der Waals surface area contributed by atoms with E-state index in [0.717, 1.165) is 42.3 Å². The number of aryl methyl sites for hydroxylation is 1. The minimum atomic E-state index is 0.000927. The third kappa shape index (κ3) is 4.88. The van der Waals surface area contributed by atoms with Crippen LogP contribution in [0.2, 0.25) is 0 Å². The summed E-state index contributed by atoms with van der Waals surface area (Å²) >= 11 is 0. The number of nitrogens with zero attached hydrogens (tertiary/aromatic N) is 2. The Labute approximate surface area is 167 Å². The molecule has 1 aliphatic rings. The number of methoxy groups -OCH3 is 2. The molecular weight excluding hydrogens is 354 g/mol. The first-order valence-electron chi connectivity index (χ1n) is 9.66. The van der Waals surface area contributed by atoms with E-state index in [1.807, 2.05) is 29.2 Å². The van der Waals surface area contributed by atoms with E-state index in [2.05, 4.69) is 35.3 Å². The molecule has 1 fully saturated rings. The number of benzene rings is 2. The third-order valence-corrected chi connectivity index (χ3v) is 5.11. The van der Waals surface area contributed by atoms with Crippen molar-refractivity contribution in [1.82, 2.24) is 10.2 Å². The van der Waals surface area contributed by atoms with Gasteiger partial charge >= 0.3 is 6.03 Å². The maximum Gasteiger partial charge on any atom is 0.317 e. The maximum absolute atomic E-state index is 12.5. The Morgan fingerprint density at radius 2 is 1.71 bits per heavy atom. The minimum absolute atomic E-state index is 0.000927. The maximum atomic E-state index is 12.5. The molecule has 0 spiro atoms. The average molecular weight is 383 g/mol. The van der Waals surface area contributed by atoms with Gasteiger partial charge in [-0.3, -0.25) is 0 Å². The van der Waals surface area contributed by atoms with Crippen LogP contribution in [0.15, 0.2) is 42.5 Å². The van der Waals surface area contributed by atoms with E-state index >= 15 is 0 Å². The van der Waals surface area contributed by atoms with Crippen LogP contribution in [0.3, 0.4) is 0 Å². The lowest BCUT2D eigenvalue weighted by Crippen LogP contribution is -2.52. The van der Waals surface area contributed by atoms with Crippen molar-refractivity contribution in [2.24, 2.45) is 0 Å². The number of piperazine rings is 1. The molecule has 150 valence electrons. The fourth-order valence-corrected chi connectivity index (χ4v) is 3.48. The molecule has 1 N–H and O–H groups in total. The number of nitrogens with one attached hydrogen (secondary N) is 1. The number of urea groups is 1. The molecule has 0 aromatic heterocycles. The van der Waals surface area contributed by atoms with Gasteiger partial charge in [0.05, 0.1) is 14.2 Å². The zero-order valence-electron chi connectivity index (χ0n) is 16.9. The van der Waals surface area contributed by atoms with Gasteiger partial charge in [0.25, 0.3) is 0 Å². The molecule has 1 aliphatic heterocycles. The van der Waals surface area contributed by atoms with Crippen molar-refractivity contribution >= 4 is 11.7 Å². The molecule has 2 aromatic carbocycles. The minimum Gasteiger partial charge on any atom is -0.497 e. The number of amides is 2. The van der Waals surface area contributed by atoms with Gasteiger partial charge in [0.15, 0.2) is 0 Å². The van der Waals surface area contributed by atoms with Gasteiger partial charge in [-0.05, 0) is 49.2 Å². The molecule has 6 heteroatoms. The predicted octanol–water partition coefficient (Wildman–Crippen LogP) is 3.09. The summed E-state index contributed by atoms with van der Waals surface area (Å²) in [6.07, 6.45) is 0.752. The summed E-state index contributed by atoms with van der Waals surface area (Å²) < 4.78 is 10.6. The highest BCUT2D eigenvalue weighted by Gasteiger charge is 2.21. The molecule has 1 heterocycles. The van der Waals surface area contributed by atoms with E-state index in [4.69, 9.17) is 9.47 Å². The second-order valence-electron chi connectivity index (χ2n) is 6.97. The second-order valence-corrected chi connectivity index (χ2v) is 6.97. The summed E-state index contributed by atoms with van der Waals surface area (Å²) in [6, 6.07) is 14.2. The fourth-order valence-electron chi connectivity index (χ4n) is 3.48. The Bertz CT molecular complexity index is 784. The number of hydrogen-bond acceptors (Lipinski definition) is 4. The summed E-state index contributed by atoms with van der Waals surface area (Å²) in [5.41, 5.74) is 3.47. The highest BCUT2D eigenvalue weighted by Crippen LogP contribution is 2.21. The number of carbonyl (C=O) groups excluding carboxylic acids is 1. The van der Waals surface area contributed by atoms with Crippen LogP contribution in [0.5, 0.6) is 11.5 Å². The third-order valence-electron chi connectivity index (χ3n) is 5.11. The molecule has 6 nitrogen and oxygen atoms in total. The Morgan fingerprint density at radius 3 is 2.36 bits per heavy atom. The summed E-state index contributed by atoms with van der Waals surface area (Å²) in [6.45, 7) is 5.73. The van der Waals surface area contributed by atoms with Gasteiger partial charge in [0.2, 0.25) is 0 Å². The lowest BCUT2D eigenvalue weighted by atomic mass is 10.1. The number of rotatable bonds is 6. The number of anilines is 1. The standard InChI is InChI=1S/C22H29N3O3/c1-17-4-9-21(28-3)18(16-17)10-11-23-22(26)25-14-12-24(13-15-25)19-5-7-20(27-2)8-6-19/h4-9,16H,10-15H2,1-3H3,(H,23,26). The van der Waals surface area contributed by atoms with Crippen molar-refractivity contribution in [3.63, 3.8) is 0 Å². The summed E-state index contributed by atoms with van der Waals surface area (Å²) in [7, 11) is 3.34. The summed E-state index contributed by atoms with van der Waals surface area (Å²) in [5.74, 6) is 1.72. The Kier molecular flexibility index (Phi) is 6.63. The van der Waals surface area contributed by atoms with Crippen LogP contribution in [0.4, 0.5) is 10.5 Å². The van der Waals surface area contributed by atoms with Gasteiger partial charge in [-0.15, -0.1) is 0 Å². The fraction of sp³-hybridized carbons (Fsp3) is 0.409. The van der Waals surface area contributed by atoms with Crippen LogP contribution in [-0.4, -0.2) is 57.9 Å². The molecule has 3 rings (SSSR count). The monoisotopic (exact) mass is 383 g/mol. The molecule has 1 saturated heterocycles. The second kappa shape index (κ2) is 9.35. The largest absolute Gasteiger partial charge is 0.497 e. The van der Waals surface area contributed by atoms with E-state index in [1.165, 1.54) is 5.56 Å². The smallest absolute Gasteiger partial charge is 0.317 e. The van der Waals surface area contributed by atoms with Gasteiger partial charge < -0.3 is 24.6 Å². The Morgan fingerprint density at radius 1 is 1.00 bits per heavy atom. The van der Waals surface area contributed by atoms with Crippen molar-refractivity contribution in [3.05, 3.63) is 53.6 Å². The van der Waals surface area contributed by atoms with Crippen molar-refractivity contribution in [2.45, 2.75) is 13.3 Å².